The van der Waals surface area contributed by atoms with E-state index < -0.39 is 0 Å². The van der Waals surface area contributed by atoms with Crippen molar-refractivity contribution in [2.45, 2.75) is 32.2 Å². The van der Waals surface area contributed by atoms with Crippen LogP contribution in [0.3, 0.4) is 0 Å². The molecule has 3 unspecified atom stereocenters. The number of ether oxygens (including phenoxy) is 1. The standard InChI is InChI=1S/C11H22ClNO/c1-9(8-14-2)13-7-11-5-3-4-10(11)6-12/h9-11,13H,3-8H2,1-2H3. The minimum Gasteiger partial charge on any atom is -0.383 e. The van der Waals surface area contributed by atoms with E-state index in [2.05, 4.69) is 12.2 Å². The van der Waals surface area contributed by atoms with Crippen LogP contribution in [0.2, 0.25) is 0 Å². The van der Waals surface area contributed by atoms with Crippen LogP contribution in [-0.4, -0.2) is 32.2 Å². The Bertz CT molecular complexity index is 154. The van der Waals surface area contributed by atoms with E-state index in [9.17, 15) is 0 Å². The lowest BCUT2D eigenvalue weighted by molar-refractivity contribution is 0.168. The van der Waals surface area contributed by atoms with Crippen molar-refractivity contribution < 1.29 is 4.74 Å². The third kappa shape index (κ3) is 3.76. The van der Waals surface area contributed by atoms with Crippen molar-refractivity contribution in [1.29, 1.82) is 0 Å². The highest BCUT2D eigenvalue weighted by Gasteiger charge is 2.26. The largest absolute Gasteiger partial charge is 0.383 e. The molecule has 2 nitrogen and oxygen atoms in total. The summed E-state index contributed by atoms with van der Waals surface area (Å²) in [5.41, 5.74) is 0. The Kier molecular flexibility index (Phi) is 5.83. The number of hydrogen-bond donors (Lipinski definition) is 1. The maximum absolute atomic E-state index is 5.93. The average Bonchev–Trinajstić information content (AvgIpc) is 2.62. The molecule has 3 atom stereocenters. The van der Waals surface area contributed by atoms with Gasteiger partial charge in [-0.3, -0.25) is 0 Å². The Morgan fingerprint density at radius 1 is 1.43 bits per heavy atom. The van der Waals surface area contributed by atoms with E-state index in [-0.39, 0.29) is 0 Å². The van der Waals surface area contributed by atoms with Crippen molar-refractivity contribution in [3.63, 3.8) is 0 Å². The Balaban J connectivity index is 2.16. The first-order valence-corrected chi connectivity index (χ1v) is 6.09. The highest BCUT2D eigenvalue weighted by atomic mass is 35.5. The molecule has 3 heteroatoms. The Morgan fingerprint density at radius 3 is 2.79 bits per heavy atom. The van der Waals surface area contributed by atoms with E-state index >= 15 is 0 Å². The maximum Gasteiger partial charge on any atom is 0.0613 e. The lowest BCUT2D eigenvalue weighted by Gasteiger charge is -2.20. The zero-order valence-corrected chi connectivity index (χ0v) is 10.0. The van der Waals surface area contributed by atoms with Gasteiger partial charge in [0.2, 0.25) is 0 Å². The fourth-order valence-electron chi connectivity index (χ4n) is 2.25. The number of nitrogens with one attached hydrogen (secondary N) is 1. The summed E-state index contributed by atoms with van der Waals surface area (Å²) in [7, 11) is 1.75. The van der Waals surface area contributed by atoms with Crippen LogP contribution in [0, 0.1) is 11.8 Å². The molecule has 1 aliphatic carbocycles. The molecule has 1 aliphatic rings. The van der Waals surface area contributed by atoms with Crippen LogP contribution in [0.1, 0.15) is 26.2 Å². The number of halogens is 1. The van der Waals surface area contributed by atoms with Crippen LogP contribution in [0.25, 0.3) is 0 Å². The van der Waals surface area contributed by atoms with Gasteiger partial charge in [0.05, 0.1) is 6.61 Å². The molecule has 0 radical (unpaired) electrons. The van der Waals surface area contributed by atoms with Crippen molar-refractivity contribution in [2.75, 3.05) is 26.1 Å². The molecule has 0 bridgehead atoms. The van der Waals surface area contributed by atoms with Gasteiger partial charge in [0.15, 0.2) is 0 Å². The van der Waals surface area contributed by atoms with Crippen molar-refractivity contribution in [3.8, 4) is 0 Å². The van der Waals surface area contributed by atoms with Gasteiger partial charge in [-0.2, -0.15) is 0 Å². The predicted molar refractivity (Wildman–Crippen MR) is 60.9 cm³/mol. The molecule has 0 spiro atoms. The third-order valence-electron chi connectivity index (χ3n) is 3.16. The van der Waals surface area contributed by atoms with E-state index in [0.717, 1.165) is 30.9 Å². The lowest BCUT2D eigenvalue weighted by Crippen LogP contribution is -2.35. The molecule has 0 heterocycles. The van der Waals surface area contributed by atoms with Crippen molar-refractivity contribution in [3.05, 3.63) is 0 Å². The molecule has 0 aromatic heterocycles. The van der Waals surface area contributed by atoms with E-state index in [1.807, 2.05) is 0 Å². The quantitative estimate of drug-likeness (QED) is 0.693. The molecule has 0 saturated heterocycles. The molecule has 14 heavy (non-hydrogen) atoms. The summed E-state index contributed by atoms with van der Waals surface area (Å²) in [6.07, 6.45) is 4.00. The van der Waals surface area contributed by atoms with Gasteiger partial charge < -0.3 is 10.1 Å². The van der Waals surface area contributed by atoms with Gasteiger partial charge in [-0.15, -0.1) is 11.6 Å². The summed E-state index contributed by atoms with van der Waals surface area (Å²) in [5, 5.41) is 3.51. The van der Waals surface area contributed by atoms with E-state index in [4.69, 9.17) is 16.3 Å². The zero-order valence-electron chi connectivity index (χ0n) is 9.26. The second kappa shape index (κ2) is 6.65. The Hall–Kier alpha value is 0.210. The van der Waals surface area contributed by atoms with E-state index in [1.54, 1.807) is 7.11 Å². The van der Waals surface area contributed by atoms with Crippen LogP contribution in [0.15, 0.2) is 0 Å². The first-order valence-electron chi connectivity index (χ1n) is 5.56. The summed E-state index contributed by atoms with van der Waals surface area (Å²) in [4.78, 5) is 0. The van der Waals surface area contributed by atoms with E-state index in [0.29, 0.717) is 6.04 Å². The SMILES string of the molecule is COCC(C)NCC1CCCC1CCl. The molecular weight excluding hydrogens is 198 g/mol. The van der Waals surface area contributed by atoms with Gasteiger partial charge in [0.1, 0.15) is 0 Å². The molecule has 0 aromatic rings. The summed E-state index contributed by atoms with van der Waals surface area (Å²) < 4.78 is 5.08. The Morgan fingerprint density at radius 2 is 2.14 bits per heavy atom. The predicted octanol–water partition coefficient (Wildman–Crippen LogP) is 2.27. The van der Waals surface area contributed by atoms with Crippen LogP contribution >= 0.6 is 11.6 Å². The van der Waals surface area contributed by atoms with Gasteiger partial charge >= 0.3 is 0 Å². The normalized spacial score (nSPS) is 29.4. The van der Waals surface area contributed by atoms with Crippen LogP contribution in [0.4, 0.5) is 0 Å². The monoisotopic (exact) mass is 219 g/mol. The molecule has 84 valence electrons. The van der Waals surface area contributed by atoms with Gasteiger partial charge in [-0.05, 0) is 38.1 Å². The van der Waals surface area contributed by atoms with Crippen molar-refractivity contribution in [2.24, 2.45) is 11.8 Å². The lowest BCUT2D eigenvalue weighted by atomic mass is 9.98. The molecule has 1 rings (SSSR count). The molecular formula is C11H22ClNO. The molecule has 1 saturated carbocycles. The first kappa shape index (κ1) is 12.3. The topological polar surface area (TPSA) is 21.3 Å². The van der Waals surface area contributed by atoms with Gasteiger partial charge in [-0.25, -0.2) is 0 Å². The van der Waals surface area contributed by atoms with Gasteiger partial charge in [-0.1, -0.05) is 6.42 Å². The van der Waals surface area contributed by atoms with Gasteiger partial charge in [0, 0.05) is 19.0 Å². The highest BCUT2D eigenvalue weighted by molar-refractivity contribution is 6.18. The molecule has 0 amide bonds. The molecule has 0 aromatic carbocycles. The molecule has 1 N–H and O–H groups in total. The van der Waals surface area contributed by atoms with Crippen molar-refractivity contribution >= 4 is 11.6 Å². The average molecular weight is 220 g/mol. The smallest absolute Gasteiger partial charge is 0.0613 e. The second-order valence-corrected chi connectivity index (χ2v) is 4.68. The highest BCUT2D eigenvalue weighted by Crippen LogP contribution is 2.31. The maximum atomic E-state index is 5.93. The zero-order chi connectivity index (χ0) is 10.4. The van der Waals surface area contributed by atoms with Gasteiger partial charge in [0.25, 0.3) is 0 Å². The summed E-state index contributed by atoms with van der Waals surface area (Å²) in [6, 6.07) is 0.455. The fraction of sp³-hybridized carbons (Fsp3) is 1.00. The second-order valence-electron chi connectivity index (χ2n) is 4.37. The summed E-state index contributed by atoms with van der Waals surface area (Å²) in [6.45, 7) is 4.05. The summed E-state index contributed by atoms with van der Waals surface area (Å²) >= 11 is 5.93. The van der Waals surface area contributed by atoms with Crippen LogP contribution in [-0.2, 0) is 4.74 Å². The number of rotatable bonds is 6. The summed E-state index contributed by atoms with van der Waals surface area (Å²) in [5.74, 6) is 2.34. The third-order valence-corrected chi connectivity index (χ3v) is 3.56. The van der Waals surface area contributed by atoms with Crippen molar-refractivity contribution in [1.82, 2.24) is 5.32 Å². The van der Waals surface area contributed by atoms with Crippen LogP contribution in [0.5, 0.6) is 0 Å². The molecule has 0 aliphatic heterocycles. The first-order chi connectivity index (χ1) is 6.77. The molecule has 1 fully saturated rings. The minimum absolute atomic E-state index is 0.455. The van der Waals surface area contributed by atoms with Crippen LogP contribution < -0.4 is 5.32 Å². The number of alkyl halides is 1. The van der Waals surface area contributed by atoms with E-state index in [1.165, 1.54) is 19.3 Å². The fourth-order valence-corrected chi connectivity index (χ4v) is 2.65. The Labute approximate surface area is 92.3 Å². The minimum atomic E-state index is 0.455. The number of methoxy groups -OCH3 is 1. The number of hydrogen-bond acceptors (Lipinski definition) is 2.